The Labute approximate surface area is 212 Å². The third-order valence-electron chi connectivity index (χ3n) is 4.88. The van der Waals surface area contributed by atoms with E-state index in [-0.39, 0.29) is 11.4 Å². The number of halogens is 2. The number of nitro benzene ring substituents is 2. The van der Waals surface area contributed by atoms with Crippen molar-refractivity contribution < 1.29 is 9.85 Å². The molecule has 0 unspecified atom stereocenters. The van der Waals surface area contributed by atoms with Crippen molar-refractivity contribution in [2.24, 2.45) is 0 Å². The largest absolute Gasteiger partial charge is 0.270 e. The quantitative estimate of drug-likeness (QED) is 0.135. The first-order chi connectivity index (χ1) is 16.3. The van der Waals surface area contributed by atoms with Crippen LogP contribution in [0.15, 0.2) is 94.7 Å². The summed E-state index contributed by atoms with van der Waals surface area (Å²) < 4.78 is 0. The molecular weight excluding hydrogens is 515 g/mol. The van der Waals surface area contributed by atoms with E-state index in [1.807, 2.05) is 0 Å². The van der Waals surface area contributed by atoms with Gasteiger partial charge < -0.3 is 0 Å². The van der Waals surface area contributed by atoms with Gasteiger partial charge in [-0.15, -0.1) is 0 Å². The highest BCUT2D eigenvalue weighted by molar-refractivity contribution is 8.76. The summed E-state index contributed by atoms with van der Waals surface area (Å²) in [5.41, 5.74) is 2.93. The third-order valence-corrected chi connectivity index (χ3v) is 7.87. The lowest BCUT2D eigenvalue weighted by molar-refractivity contribution is -0.385. The van der Waals surface area contributed by atoms with Crippen LogP contribution in [0.3, 0.4) is 0 Å². The molecule has 0 aliphatic carbocycles. The molecule has 0 amide bonds. The molecule has 170 valence electrons. The van der Waals surface area contributed by atoms with Crippen LogP contribution in [0.4, 0.5) is 11.4 Å². The number of rotatable bonds is 7. The molecule has 4 aromatic rings. The van der Waals surface area contributed by atoms with Crippen LogP contribution in [-0.2, 0) is 0 Å². The second-order valence-electron chi connectivity index (χ2n) is 7.06. The van der Waals surface area contributed by atoms with Crippen molar-refractivity contribution in [1.29, 1.82) is 0 Å². The van der Waals surface area contributed by atoms with Crippen LogP contribution >= 0.6 is 44.8 Å². The molecule has 0 aromatic heterocycles. The van der Waals surface area contributed by atoms with Crippen LogP contribution in [0.1, 0.15) is 0 Å². The average molecular weight is 529 g/mol. The van der Waals surface area contributed by atoms with Gasteiger partial charge in [-0.3, -0.25) is 20.2 Å². The van der Waals surface area contributed by atoms with E-state index in [1.54, 1.807) is 60.7 Å². The fourth-order valence-electron chi connectivity index (χ4n) is 3.21. The lowest BCUT2D eigenvalue weighted by Crippen LogP contribution is -1.91. The SMILES string of the molecule is O=[N+]([O-])c1ccc(SSc2ccc([N+](=O)[O-])cc2-c2ccc(Cl)cc2)c(-c2ccc(Cl)cc2)c1. The van der Waals surface area contributed by atoms with Gasteiger partial charge in [0, 0.05) is 55.2 Å². The zero-order valence-electron chi connectivity index (χ0n) is 17.2. The van der Waals surface area contributed by atoms with Gasteiger partial charge >= 0.3 is 0 Å². The summed E-state index contributed by atoms with van der Waals surface area (Å²) in [4.78, 5) is 23.4. The fraction of sp³-hybridized carbons (Fsp3) is 0. The van der Waals surface area contributed by atoms with Crippen molar-refractivity contribution in [1.82, 2.24) is 0 Å². The summed E-state index contributed by atoms with van der Waals surface area (Å²) in [5.74, 6) is 0. The van der Waals surface area contributed by atoms with E-state index >= 15 is 0 Å². The van der Waals surface area contributed by atoms with E-state index in [9.17, 15) is 20.2 Å². The molecule has 4 aromatic carbocycles. The van der Waals surface area contributed by atoms with Crippen LogP contribution in [0.5, 0.6) is 0 Å². The first-order valence-electron chi connectivity index (χ1n) is 9.75. The molecule has 4 rings (SSSR count). The van der Waals surface area contributed by atoms with Crippen LogP contribution in [0.25, 0.3) is 22.3 Å². The molecular formula is C24H14Cl2N2O4S2. The van der Waals surface area contributed by atoms with E-state index in [0.29, 0.717) is 21.2 Å². The zero-order chi connectivity index (χ0) is 24.2. The molecule has 34 heavy (non-hydrogen) atoms. The molecule has 0 heterocycles. The Kier molecular flexibility index (Phi) is 7.43. The van der Waals surface area contributed by atoms with Gasteiger partial charge in [0.05, 0.1) is 9.85 Å². The fourth-order valence-corrected chi connectivity index (χ4v) is 5.83. The molecule has 10 heteroatoms. The Hall–Kier alpha value is -3.04. The highest BCUT2D eigenvalue weighted by Gasteiger charge is 2.17. The molecule has 0 fully saturated rings. The number of nitrogens with zero attached hydrogens (tertiary/aromatic N) is 2. The second-order valence-corrected chi connectivity index (χ2v) is 10.1. The minimum atomic E-state index is -0.435. The van der Waals surface area contributed by atoms with Crippen LogP contribution in [0.2, 0.25) is 10.0 Å². The Balaban J connectivity index is 1.72. The second kappa shape index (κ2) is 10.5. The Morgan fingerprint density at radius 2 is 0.912 bits per heavy atom. The van der Waals surface area contributed by atoms with Gasteiger partial charge in [0.2, 0.25) is 0 Å². The van der Waals surface area contributed by atoms with Gasteiger partial charge in [-0.05, 0) is 47.5 Å². The Morgan fingerprint density at radius 1 is 0.559 bits per heavy atom. The smallest absolute Gasteiger partial charge is 0.258 e. The van der Waals surface area contributed by atoms with Crippen molar-refractivity contribution in [3.63, 3.8) is 0 Å². The van der Waals surface area contributed by atoms with Crippen molar-refractivity contribution >= 4 is 56.2 Å². The van der Waals surface area contributed by atoms with Crippen molar-refractivity contribution in [3.8, 4) is 22.3 Å². The van der Waals surface area contributed by atoms with Crippen molar-refractivity contribution in [2.75, 3.05) is 0 Å². The molecule has 6 nitrogen and oxygen atoms in total. The predicted molar refractivity (Wildman–Crippen MR) is 139 cm³/mol. The molecule has 0 aliphatic heterocycles. The number of hydrogen-bond donors (Lipinski definition) is 0. The molecule has 0 aliphatic rings. The standard InChI is InChI=1S/C24H14Cl2N2O4S2/c25-17-5-1-15(2-6-17)21-13-19(27(29)30)9-11-23(21)33-34-24-12-10-20(28(31)32)14-22(24)16-3-7-18(26)8-4-16/h1-14H. The molecule has 0 saturated heterocycles. The lowest BCUT2D eigenvalue weighted by atomic mass is 10.1. The maximum absolute atomic E-state index is 11.3. The summed E-state index contributed by atoms with van der Waals surface area (Å²) in [6.07, 6.45) is 0. The lowest BCUT2D eigenvalue weighted by Gasteiger charge is -2.12. The maximum atomic E-state index is 11.3. The topological polar surface area (TPSA) is 86.3 Å². The summed E-state index contributed by atoms with van der Waals surface area (Å²) in [7, 11) is 2.82. The zero-order valence-corrected chi connectivity index (χ0v) is 20.3. The first-order valence-corrected chi connectivity index (χ1v) is 12.7. The molecule has 0 bridgehead atoms. The summed E-state index contributed by atoms with van der Waals surface area (Å²) in [6.45, 7) is 0. The minimum absolute atomic E-state index is 0.0171. The van der Waals surface area contributed by atoms with Gasteiger partial charge in [0.15, 0.2) is 0 Å². The number of benzene rings is 4. The highest BCUT2D eigenvalue weighted by Crippen LogP contribution is 2.47. The molecule has 0 saturated carbocycles. The first kappa shape index (κ1) is 24.1. The highest BCUT2D eigenvalue weighted by atomic mass is 35.5. The molecule has 0 radical (unpaired) electrons. The predicted octanol–water partition coefficient (Wildman–Crippen LogP) is 8.94. The van der Waals surface area contributed by atoms with Gasteiger partial charge in [0.1, 0.15) is 0 Å². The third kappa shape index (κ3) is 5.53. The van der Waals surface area contributed by atoms with E-state index < -0.39 is 9.85 Å². The van der Waals surface area contributed by atoms with Gasteiger partial charge in [-0.1, -0.05) is 69.1 Å². The minimum Gasteiger partial charge on any atom is -0.258 e. The summed E-state index contributed by atoms with van der Waals surface area (Å²) in [6, 6.07) is 23.5. The van der Waals surface area contributed by atoms with E-state index in [4.69, 9.17) is 23.2 Å². The summed E-state index contributed by atoms with van der Waals surface area (Å²) >= 11 is 12.0. The van der Waals surface area contributed by atoms with E-state index in [2.05, 4.69) is 0 Å². The summed E-state index contributed by atoms with van der Waals surface area (Å²) in [5, 5.41) is 23.8. The van der Waals surface area contributed by atoms with Crippen molar-refractivity contribution in [2.45, 2.75) is 9.79 Å². The number of nitro groups is 2. The number of non-ortho nitro benzene ring substituents is 2. The number of hydrogen-bond acceptors (Lipinski definition) is 6. The van der Waals surface area contributed by atoms with E-state index in [1.165, 1.54) is 45.9 Å². The van der Waals surface area contributed by atoms with Crippen LogP contribution in [0, 0.1) is 20.2 Å². The molecule has 0 spiro atoms. The van der Waals surface area contributed by atoms with Crippen molar-refractivity contribution in [3.05, 3.63) is 115 Å². The Morgan fingerprint density at radius 3 is 1.24 bits per heavy atom. The average Bonchev–Trinajstić information content (AvgIpc) is 2.83. The maximum Gasteiger partial charge on any atom is 0.270 e. The normalized spacial score (nSPS) is 10.8. The van der Waals surface area contributed by atoms with Gasteiger partial charge in [-0.2, -0.15) is 0 Å². The van der Waals surface area contributed by atoms with E-state index in [0.717, 1.165) is 20.9 Å². The molecule has 0 N–H and O–H groups in total. The molecule has 0 atom stereocenters. The van der Waals surface area contributed by atoms with Gasteiger partial charge in [0.25, 0.3) is 11.4 Å². The monoisotopic (exact) mass is 528 g/mol. The van der Waals surface area contributed by atoms with Gasteiger partial charge in [-0.25, -0.2) is 0 Å². The van der Waals surface area contributed by atoms with Crippen LogP contribution < -0.4 is 0 Å². The van der Waals surface area contributed by atoms with Crippen LogP contribution in [-0.4, -0.2) is 9.85 Å². The Bertz CT molecular complexity index is 1270.